The Labute approximate surface area is 89.8 Å². The molecule has 0 spiro atoms. The third-order valence-corrected chi connectivity index (χ3v) is 3.02. The molecule has 1 saturated carbocycles. The first-order valence-electron chi connectivity index (χ1n) is 5.43. The molecule has 0 saturated heterocycles. The second kappa shape index (κ2) is 4.11. The zero-order chi connectivity index (χ0) is 10.7. The first kappa shape index (κ1) is 10.3. The van der Waals surface area contributed by atoms with Crippen LogP contribution < -0.4 is 5.32 Å². The first-order chi connectivity index (χ1) is 7.18. The van der Waals surface area contributed by atoms with Gasteiger partial charge in [-0.05, 0) is 37.1 Å². The Morgan fingerprint density at radius 1 is 1.13 bits per heavy atom. The molecule has 2 rings (SSSR count). The van der Waals surface area contributed by atoms with Gasteiger partial charge in [0.25, 0.3) is 0 Å². The second-order valence-electron chi connectivity index (χ2n) is 4.33. The Bertz CT molecular complexity index is 315. The highest BCUT2D eigenvalue weighted by Gasteiger charge is 2.30. The van der Waals surface area contributed by atoms with Crippen LogP contribution in [0.1, 0.15) is 25.7 Å². The van der Waals surface area contributed by atoms with Crippen molar-refractivity contribution >= 4 is 5.69 Å². The average Bonchev–Trinajstić information content (AvgIpc) is 2.65. The molecule has 0 amide bonds. The van der Waals surface area contributed by atoms with Gasteiger partial charge in [0.1, 0.15) is 5.75 Å². The van der Waals surface area contributed by atoms with Crippen LogP contribution in [0.2, 0.25) is 0 Å². The van der Waals surface area contributed by atoms with Gasteiger partial charge in [0.2, 0.25) is 0 Å². The molecule has 82 valence electrons. The fraction of sp³-hybridized carbons (Fsp3) is 0.500. The van der Waals surface area contributed by atoms with Crippen LogP contribution in [0.25, 0.3) is 0 Å². The Hall–Kier alpha value is -1.22. The van der Waals surface area contributed by atoms with E-state index in [1.54, 1.807) is 12.1 Å². The van der Waals surface area contributed by atoms with E-state index in [0.717, 1.165) is 31.4 Å². The number of nitrogens with one attached hydrogen (secondary N) is 1. The highest BCUT2D eigenvalue weighted by Crippen LogP contribution is 2.29. The van der Waals surface area contributed by atoms with Crippen LogP contribution in [-0.4, -0.2) is 22.4 Å². The molecule has 3 heteroatoms. The molecule has 1 aromatic carbocycles. The highest BCUT2D eigenvalue weighted by atomic mass is 16.3. The van der Waals surface area contributed by atoms with Crippen LogP contribution in [-0.2, 0) is 0 Å². The number of aliphatic hydroxyl groups is 1. The molecule has 0 radical (unpaired) electrons. The van der Waals surface area contributed by atoms with Crippen molar-refractivity contribution in [2.75, 3.05) is 11.9 Å². The SMILES string of the molecule is Oc1ccc(NCC2(O)CCCC2)cc1. The maximum Gasteiger partial charge on any atom is 0.115 e. The molecule has 1 aliphatic carbocycles. The third-order valence-electron chi connectivity index (χ3n) is 3.02. The number of phenols is 1. The monoisotopic (exact) mass is 207 g/mol. The smallest absolute Gasteiger partial charge is 0.115 e. The molecular weight excluding hydrogens is 190 g/mol. The molecule has 15 heavy (non-hydrogen) atoms. The molecule has 1 aromatic rings. The number of anilines is 1. The van der Waals surface area contributed by atoms with Crippen molar-refractivity contribution in [2.45, 2.75) is 31.3 Å². The predicted molar refractivity (Wildman–Crippen MR) is 60.0 cm³/mol. The number of hydrogen-bond donors (Lipinski definition) is 3. The Morgan fingerprint density at radius 3 is 2.33 bits per heavy atom. The summed E-state index contributed by atoms with van der Waals surface area (Å²) < 4.78 is 0. The van der Waals surface area contributed by atoms with Crippen LogP contribution in [0.3, 0.4) is 0 Å². The predicted octanol–water partition coefficient (Wildman–Crippen LogP) is 2.11. The number of hydrogen-bond acceptors (Lipinski definition) is 3. The van der Waals surface area contributed by atoms with Crippen molar-refractivity contribution in [1.82, 2.24) is 0 Å². The number of phenolic OH excluding ortho intramolecular Hbond substituents is 1. The largest absolute Gasteiger partial charge is 0.508 e. The summed E-state index contributed by atoms with van der Waals surface area (Å²) in [6, 6.07) is 6.91. The maximum atomic E-state index is 10.1. The van der Waals surface area contributed by atoms with Gasteiger partial charge in [-0.3, -0.25) is 0 Å². The molecule has 0 heterocycles. The zero-order valence-corrected chi connectivity index (χ0v) is 8.74. The summed E-state index contributed by atoms with van der Waals surface area (Å²) in [5.41, 5.74) is 0.408. The van der Waals surface area contributed by atoms with Gasteiger partial charge < -0.3 is 15.5 Å². The van der Waals surface area contributed by atoms with E-state index in [1.165, 1.54) is 0 Å². The maximum absolute atomic E-state index is 10.1. The lowest BCUT2D eigenvalue weighted by Gasteiger charge is -2.23. The minimum absolute atomic E-state index is 0.264. The van der Waals surface area contributed by atoms with Crippen LogP contribution in [0.15, 0.2) is 24.3 Å². The van der Waals surface area contributed by atoms with Gasteiger partial charge >= 0.3 is 0 Å². The van der Waals surface area contributed by atoms with Crippen LogP contribution in [0.4, 0.5) is 5.69 Å². The molecule has 3 N–H and O–H groups in total. The Kier molecular flexibility index (Phi) is 2.82. The first-order valence-corrected chi connectivity index (χ1v) is 5.43. The molecule has 0 aliphatic heterocycles. The number of aromatic hydroxyl groups is 1. The lowest BCUT2D eigenvalue weighted by atomic mass is 10.0. The average molecular weight is 207 g/mol. The van der Waals surface area contributed by atoms with E-state index in [4.69, 9.17) is 5.11 Å². The van der Waals surface area contributed by atoms with Crippen molar-refractivity contribution in [2.24, 2.45) is 0 Å². The van der Waals surface area contributed by atoms with Gasteiger partial charge in [-0.1, -0.05) is 12.8 Å². The zero-order valence-electron chi connectivity index (χ0n) is 8.74. The molecule has 0 atom stereocenters. The van der Waals surface area contributed by atoms with Gasteiger partial charge in [-0.25, -0.2) is 0 Å². The fourth-order valence-corrected chi connectivity index (χ4v) is 2.06. The summed E-state index contributed by atoms with van der Waals surface area (Å²) in [5.74, 6) is 0.264. The van der Waals surface area contributed by atoms with Gasteiger partial charge in [0, 0.05) is 12.2 Å². The summed E-state index contributed by atoms with van der Waals surface area (Å²) in [7, 11) is 0. The van der Waals surface area contributed by atoms with Crippen molar-refractivity contribution in [1.29, 1.82) is 0 Å². The topological polar surface area (TPSA) is 52.5 Å². The van der Waals surface area contributed by atoms with E-state index in [9.17, 15) is 5.11 Å². The minimum atomic E-state index is -0.530. The highest BCUT2D eigenvalue weighted by molar-refractivity contribution is 5.46. The normalized spacial score (nSPS) is 19.0. The summed E-state index contributed by atoms with van der Waals surface area (Å²) in [6.45, 7) is 0.595. The molecule has 1 fully saturated rings. The van der Waals surface area contributed by atoms with Gasteiger partial charge in [0.05, 0.1) is 5.60 Å². The molecule has 0 aromatic heterocycles. The summed E-state index contributed by atoms with van der Waals surface area (Å²) >= 11 is 0. The van der Waals surface area contributed by atoms with Crippen LogP contribution in [0, 0.1) is 0 Å². The summed E-state index contributed by atoms with van der Waals surface area (Å²) in [6.07, 6.45) is 4.01. The van der Waals surface area contributed by atoms with Gasteiger partial charge in [0.15, 0.2) is 0 Å². The fourth-order valence-electron chi connectivity index (χ4n) is 2.06. The van der Waals surface area contributed by atoms with E-state index in [-0.39, 0.29) is 5.75 Å². The van der Waals surface area contributed by atoms with Crippen molar-refractivity contribution < 1.29 is 10.2 Å². The Balaban J connectivity index is 1.90. The number of rotatable bonds is 3. The quantitative estimate of drug-likeness (QED) is 0.665. The van der Waals surface area contributed by atoms with Crippen molar-refractivity contribution in [3.63, 3.8) is 0 Å². The lowest BCUT2D eigenvalue weighted by Crippen LogP contribution is -2.33. The molecular formula is C12H17NO2. The van der Waals surface area contributed by atoms with E-state index < -0.39 is 5.60 Å². The van der Waals surface area contributed by atoms with Crippen LogP contribution in [0.5, 0.6) is 5.75 Å². The third kappa shape index (κ3) is 2.63. The van der Waals surface area contributed by atoms with Crippen molar-refractivity contribution in [3.05, 3.63) is 24.3 Å². The molecule has 3 nitrogen and oxygen atoms in total. The standard InChI is InChI=1S/C12H17NO2/c14-11-5-3-10(4-6-11)13-9-12(15)7-1-2-8-12/h3-6,13-15H,1-2,7-9H2. The van der Waals surface area contributed by atoms with Crippen molar-refractivity contribution in [3.8, 4) is 5.75 Å². The van der Waals surface area contributed by atoms with Gasteiger partial charge in [-0.15, -0.1) is 0 Å². The molecule has 0 unspecified atom stereocenters. The number of benzene rings is 1. The molecule has 0 bridgehead atoms. The van der Waals surface area contributed by atoms with E-state index in [0.29, 0.717) is 6.54 Å². The van der Waals surface area contributed by atoms with E-state index in [2.05, 4.69) is 5.32 Å². The van der Waals surface area contributed by atoms with Gasteiger partial charge in [-0.2, -0.15) is 0 Å². The van der Waals surface area contributed by atoms with E-state index >= 15 is 0 Å². The molecule has 1 aliphatic rings. The second-order valence-corrected chi connectivity index (χ2v) is 4.33. The summed E-state index contributed by atoms with van der Waals surface area (Å²) in [5, 5.41) is 22.4. The van der Waals surface area contributed by atoms with E-state index in [1.807, 2.05) is 12.1 Å². The summed E-state index contributed by atoms with van der Waals surface area (Å²) in [4.78, 5) is 0. The minimum Gasteiger partial charge on any atom is -0.508 e. The lowest BCUT2D eigenvalue weighted by molar-refractivity contribution is 0.0615. The van der Waals surface area contributed by atoms with Crippen LogP contribution >= 0.6 is 0 Å². The Morgan fingerprint density at radius 2 is 1.73 bits per heavy atom.